The molecular formula is C16H10Br2N4OS. The molecule has 24 heavy (non-hydrogen) atoms. The summed E-state index contributed by atoms with van der Waals surface area (Å²) in [5, 5.41) is 9.35. The molecule has 3 heterocycles. The number of aryl methyl sites for hydroxylation is 2. The Morgan fingerprint density at radius 3 is 2.67 bits per heavy atom. The first kappa shape index (κ1) is 15.9. The Kier molecular flexibility index (Phi) is 3.78. The maximum atomic E-state index is 12.9. The first-order valence-corrected chi connectivity index (χ1v) is 9.49. The molecule has 8 heteroatoms. The van der Waals surface area contributed by atoms with E-state index in [1.165, 1.54) is 16.0 Å². The van der Waals surface area contributed by atoms with Gasteiger partial charge in [-0.25, -0.2) is 4.98 Å². The average Bonchev–Trinajstić information content (AvgIpc) is 2.93. The van der Waals surface area contributed by atoms with E-state index in [2.05, 4.69) is 47.2 Å². The van der Waals surface area contributed by atoms with Gasteiger partial charge in [-0.15, -0.1) is 16.4 Å². The monoisotopic (exact) mass is 464 g/mol. The van der Waals surface area contributed by atoms with Crippen LogP contribution in [0.25, 0.3) is 26.1 Å². The Morgan fingerprint density at radius 2 is 1.92 bits per heavy atom. The van der Waals surface area contributed by atoms with E-state index in [4.69, 9.17) is 0 Å². The number of nitrogens with zero attached hydrogens (tertiary/aromatic N) is 4. The number of thiophene rings is 1. The predicted octanol–water partition coefficient (Wildman–Crippen LogP) is 4.53. The van der Waals surface area contributed by atoms with E-state index >= 15 is 0 Å². The number of fused-ring (bicyclic) bond motifs is 3. The predicted molar refractivity (Wildman–Crippen MR) is 103 cm³/mol. The van der Waals surface area contributed by atoms with Crippen LogP contribution in [0.4, 0.5) is 0 Å². The second-order valence-corrected chi connectivity index (χ2v) is 8.00. The number of halogens is 2. The van der Waals surface area contributed by atoms with Crippen molar-refractivity contribution in [3.05, 3.63) is 54.8 Å². The molecule has 0 N–H and O–H groups in total. The van der Waals surface area contributed by atoms with Crippen molar-refractivity contribution >= 4 is 63.6 Å². The minimum absolute atomic E-state index is 0.192. The lowest BCUT2D eigenvalue weighted by Gasteiger charge is -2.05. The molecule has 0 atom stereocenters. The van der Waals surface area contributed by atoms with Crippen LogP contribution in [0.1, 0.15) is 11.3 Å². The highest BCUT2D eigenvalue weighted by molar-refractivity contribution is 9.11. The normalized spacial score (nSPS) is 11.5. The number of hydrogen-bond donors (Lipinski definition) is 0. The van der Waals surface area contributed by atoms with Crippen molar-refractivity contribution in [2.24, 2.45) is 0 Å². The van der Waals surface area contributed by atoms with Crippen molar-refractivity contribution in [1.82, 2.24) is 20.0 Å². The van der Waals surface area contributed by atoms with Gasteiger partial charge in [0.15, 0.2) is 0 Å². The van der Waals surface area contributed by atoms with Crippen molar-refractivity contribution in [2.45, 2.75) is 13.8 Å². The molecule has 0 aliphatic heterocycles. The summed E-state index contributed by atoms with van der Waals surface area (Å²) >= 11 is 8.37. The number of benzene rings is 1. The lowest BCUT2D eigenvalue weighted by molar-refractivity contribution is 0.738. The third kappa shape index (κ3) is 2.24. The molecule has 0 radical (unpaired) electrons. The molecular weight excluding hydrogens is 456 g/mol. The molecule has 0 bridgehead atoms. The third-order valence-corrected chi connectivity index (χ3v) is 6.76. The summed E-state index contributed by atoms with van der Waals surface area (Å²) in [7, 11) is 0. The summed E-state index contributed by atoms with van der Waals surface area (Å²) in [6.07, 6.45) is 0. The summed E-state index contributed by atoms with van der Waals surface area (Å²) in [5.74, 6) is 0. The van der Waals surface area contributed by atoms with Crippen LogP contribution in [0.5, 0.6) is 0 Å². The zero-order valence-electron chi connectivity index (χ0n) is 12.7. The van der Waals surface area contributed by atoms with Crippen molar-refractivity contribution in [1.29, 1.82) is 0 Å². The first-order chi connectivity index (χ1) is 11.5. The van der Waals surface area contributed by atoms with Crippen molar-refractivity contribution in [2.75, 3.05) is 0 Å². The minimum Gasteiger partial charge on any atom is -0.266 e. The van der Waals surface area contributed by atoms with Crippen molar-refractivity contribution in [3.8, 4) is 5.69 Å². The fourth-order valence-corrected chi connectivity index (χ4v) is 4.54. The van der Waals surface area contributed by atoms with Gasteiger partial charge in [-0.1, -0.05) is 17.3 Å². The minimum atomic E-state index is -0.192. The van der Waals surface area contributed by atoms with Crippen LogP contribution in [0, 0.1) is 13.8 Å². The Morgan fingerprint density at radius 1 is 1.17 bits per heavy atom. The highest BCUT2D eigenvalue weighted by atomic mass is 79.9. The molecule has 5 nitrogen and oxygen atoms in total. The molecule has 0 saturated heterocycles. The van der Waals surface area contributed by atoms with E-state index < -0.39 is 0 Å². The molecule has 120 valence electrons. The Bertz CT molecular complexity index is 1180. The molecule has 0 spiro atoms. The summed E-state index contributed by atoms with van der Waals surface area (Å²) in [6, 6.07) is 7.43. The summed E-state index contributed by atoms with van der Waals surface area (Å²) in [6.45, 7) is 3.93. The molecule has 0 unspecified atom stereocenters. The maximum Gasteiger partial charge on any atom is 0.292 e. The van der Waals surface area contributed by atoms with Crippen molar-refractivity contribution in [3.63, 3.8) is 0 Å². The average molecular weight is 466 g/mol. The second-order valence-electron chi connectivity index (χ2n) is 5.35. The molecule has 4 aromatic rings. The van der Waals surface area contributed by atoms with Crippen LogP contribution in [-0.4, -0.2) is 20.0 Å². The number of hydrogen-bond acceptors (Lipinski definition) is 5. The molecule has 0 saturated carbocycles. The quantitative estimate of drug-likeness (QED) is 0.414. The molecule has 0 aliphatic rings. The van der Waals surface area contributed by atoms with Crippen molar-refractivity contribution < 1.29 is 0 Å². The highest BCUT2D eigenvalue weighted by Crippen LogP contribution is 2.35. The number of rotatable bonds is 1. The molecule has 3 aromatic heterocycles. The van der Waals surface area contributed by atoms with Gasteiger partial charge in [0.25, 0.3) is 5.56 Å². The lowest BCUT2D eigenvalue weighted by atomic mass is 10.1. The van der Waals surface area contributed by atoms with E-state index in [9.17, 15) is 4.79 Å². The maximum absolute atomic E-state index is 12.9. The van der Waals surface area contributed by atoms with E-state index in [-0.39, 0.29) is 5.56 Å². The van der Waals surface area contributed by atoms with Crippen LogP contribution >= 0.6 is 43.2 Å². The second kappa shape index (κ2) is 5.72. The van der Waals surface area contributed by atoms with Crippen LogP contribution in [0.15, 0.2) is 38.0 Å². The highest BCUT2D eigenvalue weighted by Gasteiger charge is 2.19. The smallest absolute Gasteiger partial charge is 0.266 e. The van der Waals surface area contributed by atoms with Gasteiger partial charge in [0.1, 0.15) is 15.0 Å². The summed E-state index contributed by atoms with van der Waals surface area (Å²) < 4.78 is 3.60. The number of para-hydroxylation sites is 1. The van der Waals surface area contributed by atoms with Crippen LogP contribution in [0.3, 0.4) is 0 Å². The van der Waals surface area contributed by atoms with Gasteiger partial charge < -0.3 is 0 Å². The first-order valence-electron chi connectivity index (χ1n) is 7.09. The van der Waals surface area contributed by atoms with E-state index in [0.717, 1.165) is 30.4 Å². The van der Waals surface area contributed by atoms with Gasteiger partial charge in [-0.05, 0) is 63.4 Å². The molecule has 1 aromatic carbocycles. The lowest BCUT2D eigenvalue weighted by Crippen LogP contribution is -2.22. The zero-order chi connectivity index (χ0) is 17.0. The van der Waals surface area contributed by atoms with Gasteiger partial charge in [0, 0.05) is 14.3 Å². The molecule has 0 fully saturated rings. The van der Waals surface area contributed by atoms with Gasteiger partial charge >= 0.3 is 0 Å². The Hall–Kier alpha value is -1.64. The molecule has 0 aliphatic carbocycles. The Labute approximate surface area is 157 Å². The fraction of sp³-hybridized carbons (Fsp3) is 0.125. The van der Waals surface area contributed by atoms with Gasteiger partial charge in [0.2, 0.25) is 0 Å². The topological polar surface area (TPSA) is 60.7 Å². The summed E-state index contributed by atoms with van der Waals surface area (Å²) in [5.41, 5.74) is 3.00. The Balaban J connectivity index is 2.12. The molecule has 4 rings (SSSR count). The van der Waals surface area contributed by atoms with Crippen LogP contribution in [-0.2, 0) is 0 Å². The third-order valence-electron chi connectivity index (χ3n) is 3.86. The number of aromatic nitrogens is 4. The number of pyridine rings is 1. The van der Waals surface area contributed by atoms with Gasteiger partial charge in [-0.3, -0.25) is 4.79 Å². The fourth-order valence-electron chi connectivity index (χ4n) is 2.66. The zero-order valence-corrected chi connectivity index (χ0v) is 16.7. The summed E-state index contributed by atoms with van der Waals surface area (Å²) in [4.78, 5) is 18.3. The van der Waals surface area contributed by atoms with Crippen LogP contribution in [0.2, 0.25) is 0 Å². The standard InChI is InChI=1S/C16H10Br2N4OS/c1-7-11-13-14(24-15(11)19-8(2)12(7)18)16(23)22(21-20-13)10-6-4-3-5-9(10)17/h3-6H,1-2H3. The largest absolute Gasteiger partial charge is 0.292 e. The SMILES string of the molecule is Cc1nc2sc3c(=O)n(-c4ccccc4Br)nnc3c2c(C)c1Br. The van der Waals surface area contributed by atoms with Crippen LogP contribution < -0.4 is 5.56 Å². The van der Waals surface area contributed by atoms with Gasteiger partial charge in [-0.2, -0.15) is 4.68 Å². The van der Waals surface area contributed by atoms with E-state index in [1.807, 2.05) is 38.1 Å². The van der Waals surface area contributed by atoms with E-state index in [0.29, 0.717) is 15.9 Å². The molecule has 0 amide bonds. The van der Waals surface area contributed by atoms with Gasteiger partial charge in [0.05, 0.1) is 11.4 Å². The van der Waals surface area contributed by atoms with E-state index in [1.54, 1.807) is 0 Å².